The van der Waals surface area contributed by atoms with Gasteiger partial charge >= 0.3 is 0 Å². The molecule has 4 heteroatoms. The summed E-state index contributed by atoms with van der Waals surface area (Å²) in [6.45, 7) is 4.47. The Hall–Kier alpha value is -1.65. The molecule has 0 aliphatic heterocycles. The molecule has 0 saturated carbocycles. The lowest BCUT2D eigenvalue weighted by molar-refractivity contribution is -0.903. The lowest BCUT2D eigenvalue weighted by Gasteiger charge is -2.16. The third-order valence-electron chi connectivity index (χ3n) is 2.97. The molecule has 0 fully saturated rings. The predicted molar refractivity (Wildman–Crippen MR) is 79.5 cm³/mol. The number of benzene rings is 1. The summed E-state index contributed by atoms with van der Waals surface area (Å²) in [4.78, 5) is 14.6. The number of quaternary nitrogens is 1. The fourth-order valence-electron chi connectivity index (χ4n) is 1.93. The van der Waals surface area contributed by atoms with E-state index in [1.54, 1.807) is 11.3 Å². The number of carbonyl (C=O) groups excluding carboxylic acids is 1. The molecule has 2 N–H and O–H groups in total. The Balaban J connectivity index is 1.86. The second-order valence-corrected chi connectivity index (χ2v) is 5.48. The third kappa shape index (κ3) is 4.50. The highest BCUT2D eigenvalue weighted by Crippen LogP contribution is 2.06. The summed E-state index contributed by atoms with van der Waals surface area (Å²) < 4.78 is 0. The van der Waals surface area contributed by atoms with Crippen molar-refractivity contribution in [1.82, 2.24) is 0 Å². The Labute approximate surface area is 117 Å². The molecule has 100 valence electrons. The minimum atomic E-state index is 0.0691. The summed E-state index contributed by atoms with van der Waals surface area (Å²) in [6, 6.07) is 13.8. The molecule has 1 unspecified atom stereocenters. The Morgan fingerprint density at radius 1 is 1.21 bits per heavy atom. The average Bonchev–Trinajstić information content (AvgIpc) is 2.92. The normalized spacial score (nSPS) is 12.1. The van der Waals surface area contributed by atoms with Gasteiger partial charge in [0.1, 0.15) is 6.54 Å². The zero-order valence-corrected chi connectivity index (χ0v) is 11.9. The van der Waals surface area contributed by atoms with E-state index in [2.05, 4.69) is 29.8 Å². The van der Waals surface area contributed by atoms with Crippen molar-refractivity contribution in [2.45, 2.75) is 13.5 Å². The zero-order valence-electron chi connectivity index (χ0n) is 11.1. The second-order valence-electron chi connectivity index (χ2n) is 4.45. The monoisotopic (exact) mass is 275 g/mol. The summed E-state index contributed by atoms with van der Waals surface area (Å²) in [5.74, 6) is 0.0691. The van der Waals surface area contributed by atoms with E-state index >= 15 is 0 Å². The molecule has 1 atom stereocenters. The number of para-hydroxylation sites is 1. The summed E-state index contributed by atoms with van der Waals surface area (Å²) in [7, 11) is 0. The van der Waals surface area contributed by atoms with Gasteiger partial charge in [-0.3, -0.25) is 4.79 Å². The molecule has 3 nitrogen and oxygen atoms in total. The van der Waals surface area contributed by atoms with Gasteiger partial charge in [0, 0.05) is 5.69 Å². The van der Waals surface area contributed by atoms with Crippen molar-refractivity contribution in [2.24, 2.45) is 0 Å². The van der Waals surface area contributed by atoms with Crippen molar-refractivity contribution in [2.75, 3.05) is 18.4 Å². The average molecular weight is 275 g/mol. The maximum atomic E-state index is 12.0. The molecule has 0 bridgehead atoms. The first kappa shape index (κ1) is 13.8. The first-order valence-electron chi connectivity index (χ1n) is 6.48. The molecule has 19 heavy (non-hydrogen) atoms. The standard InChI is InChI=1S/C15H18N2OS/c1-2-17(11-14-9-6-10-19-14)12-15(18)16-13-7-4-3-5-8-13/h3-10H,2,11-12H2,1H3,(H,16,18)/p+1. The minimum absolute atomic E-state index is 0.0691. The first-order chi connectivity index (χ1) is 9.28. The molecule has 1 amide bonds. The van der Waals surface area contributed by atoms with E-state index in [1.165, 1.54) is 9.78 Å². The highest BCUT2D eigenvalue weighted by molar-refractivity contribution is 7.09. The molecule has 1 aromatic heterocycles. The molecule has 1 aromatic carbocycles. The number of rotatable bonds is 6. The van der Waals surface area contributed by atoms with Crippen LogP contribution in [-0.4, -0.2) is 19.0 Å². The van der Waals surface area contributed by atoms with Gasteiger partial charge in [-0.15, -0.1) is 11.3 Å². The van der Waals surface area contributed by atoms with Crippen molar-refractivity contribution < 1.29 is 9.69 Å². The van der Waals surface area contributed by atoms with Crippen molar-refractivity contribution in [3.63, 3.8) is 0 Å². The molecule has 0 aliphatic rings. The number of hydrogen-bond donors (Lipinski definition) is 2. The number of hydrogen-bond acceptors (Lipinski definition) is 2. The Kier molecular flexibility index (Phi) is 5.12. The van der Waals surface area contributed by atoms with E-state index in [9.17, 15) is 4.79 Å². The molecular weight excluding hydrogens is 256 g/mol. The largest absolute Gasteiger partial charge is 0.323 e. The Bertz CT molecular complexity index is 496. The number of nitrogens with one attached hydrogen (secondary N) is 2. The molecule has 0 spiro atoms. The number of likely N-dealkylation sites (N-methyl/N-ethyl adjacent to an activating group) is 1. The van der Waals surface area contributed by atoms with E-state index < -0.39 is 0 Å². The van der Waals surface area contributed by atoms with Gasteiger partial charge < -0.3 is 10.2 Å². The topological polar surface area (TPSA) is 33.5 Å². The quantitative estimate of drug-likeness (QED) is 0.828. The van der Waals surface area contributed by atoms with Gasteiger partial charge in [0.2, 0.25) is 0 Å². The van der Waals surface area contributed by atoms with Crippen LogP contribution in [0, 0.1) is 0 Å². The number of amides is 1. The fourth-order valence-corrected chi connectivity index (χ4v) is 2.70. The van der Waals surface area contributed by atoms with Gasteiger partial charge in [0.15, 0.2) is 6.54 Å². The van der Waals surface area contributed by atoms with Crippen LogP contribution < -0.4 is 10.2 Å². The Morgan fingerprint density at radius 3 is 2.63 bits per heavy atom. The lowest BCUT2D eigenvalue weighted by atomic mass is 10.3. The molecular formula is C15H19N2OS+. The van der Waals surface area contributed by atoms with Gasteiger partial charge in [-0.2, -0.15) is 0 Å². The molecule has 0 radical (unpaired) electrons. The van der Waals surface area contributed by atoms with Crippen LogP contribution in [0.1, 0.15) is 11.8 Å². The van der Waals surface area contributed by atoms with Gasteiger partial charge in [-0.05, 0) is 30.5 Å². The van der Waals surface area contributed by atoms with Crippen LogP contribution in [0.4, 0.5) is 5.69 Å². The van der Waals surface area contributed by atoms with E-state index in [0.717, 1.165) is 18.8 Å². The predicted octanol–water partition coefficient (Wildman–Crippen LogP) is 1.79. The number of carbonyl (C=O) groups is 1. The molecule has 2 aromatic rings. The van der Waals surface area contributed by atoms with Crippen molar-refractivity contribution in [3.8, 4) is 0 Å². The Morgan fingerprint density at radius 2 is 2.00 bits per heavy atom. The van der Waals surface area contributed by atoms with Crippen LogP contribution in [0.5, 0.6) is 0 Å². The lowest BCUT2D eigenvalue weighted by Crippen LogP contribution is -3.11. The van der Waals surface area contributed by atoms with E-state index in [1.807, 2.05) is 30.3 Å². The number of thiophene rings is 1. The minimum Gasteiger partial charge on any atom is -0.323 e. The summed E-state index contributed by atoms with van der Waals surface area (Å²) in [5, 5.41) is 5.01. The van der Waals surface area contributed by atoms with Crippen LogP contribution in [0.2, 0.25) is 0 Å². The van der Waals surface area contributed by atoms with Gasteiger partial charge in [-0.1, -0.05) is 24.3 Å². The fraction of sp³-hybridized carbons (Fsp3) is 0.267. The molecule has 1 heterocycles. The van der Waals surface area contributed by atoms with Crippen LogP contribution in [0.25, 0.3) is 0 Å². The highest BCUT2D eigenvalue weighted by Gasteiger charge is 2.13. The molecule has 0 saturated heterocycles. The second kappa shape index (κ2) is 7.07. The van der Waals surface area contributed by atoms with Crippen molar-refractivity contribution >= 4 is 22.9 Å². The van der Waals surface area contributed by atoms with Gasteiger partial charge in [-0.25, -0.2) is 0 Å². The zero-order chi connectivity index (χ0) is 13.5. The van der Waals surface area contributed by atoms with Crippen LogP contribution in [0.3, 0.4) is 0 Å². The van der Waals surface area contributed by atoms with Gasteiger partial charge in [0.05, 0.1) is 11.4 Å². The van der Waals surface area contributed by atoms with Crippen LogP contribution in [-0.2, 0) is 11.3 Å². The molecule has 0 aliphatic carbocycles. The summed E-state index contributed by atoms with van der Waals surface area (Å²) in [6.07, 6.45) is 0. The van der Waals surface area contributed by atoms with E-state index in [4.69, 9.17) is 0 Å². The number of anilines is 1. The smallest absolute Gasteiger partial charge is 0.279 e. The highest BCUT2D eigenvalue weighted by atomic mass is 32.1. The van der Waals surface area contributed by atoms with E-state index in [0.29, 0.717) is 6.54 Å². The molecule has 2 rings (SSSR count). The summed E-state index contributed by atoms with van der Waals surface area (Å²) >= 11 is 1.75. The first-order valence-corrected chi connectivity index (χ1v) is 7.36. The third-order valence-corrected chi connectivity index (χ3v) is 3.85. The summed E-state index contributed by atoms with van der Waals surface area (Å²) in [5.41, 5.74) is 0.860. The SMILES string of the molecule is CC[NH+](CC(=O)Nc1ccccc1)Cc1cccs1. The van der Waals surface area contributed by atoms with Crippen molar-refractivity contribution in [1.29, 1.82) is 0 Å². The maximum Gasteiger partial charge on any atom is 0.279 e. The van der Waals surface area contributed by atoms with Gasteiger partial charge in [0.25, 0.3) is 5.91 Å². The maximum absolute atomic E-state index is 12.0. The van der Waals surface area contributed by atoms with Crippen molar-refractivity contribution in [3.05, 3.63) is 52.7 Å². The van der Waals surface area contributed by atoms with E-state index in [-0.39, 0.29) is 5.91 Å². The van der Waals surface area contributed by atoms with Crippen LogP contribution >= 0.6 is 11.3 Å². The van der Waals surface area contributed by atoms with Crippen LogP contribution in [0.15, 0.2) is 47.8 Å².